The van der Waals surface area contributed by atoms with Crippen molar-refractivity contribution < 1.29 is 4.79 Å². The molecule has 0 aliphatic heterocycles. The van der Waals surface area contributed by atoms with Crippen LogP contribution in [-0.4, -0.2) is 15.6 Å². The highest BCUT2D eigenvalue weighted by atomic mass is 32.1. The SMILES string of the molecule is Cc1ccc(CNC(=O)NCc2cn(C3CC3)c(=O)[nH]c2=O)s1. The van der Waals surface area contributed by atoms with Gasteiger partial charge in [0.1, 0.15) is 0 Å². The molecule has 1 aliphatic rings. The Hall–Kier alpha value is -2.35. The molecular weight excluding hydrogens is 316 g/mol. The smallest absolute Gasteiger partial charge is 0.328 e. The summed E-state index contributed by atoms with van der Waals surface area (Å²) in [4.78, 5) is 39.8. The number of carbonyl (C=O) groups excluding carboxylic acids is 1. The van der Waals surface area contributed by atoms with Crippen molar-refractivity contribution in [1.29, 1.82) is 0 Å². The van der Waals surface area contributed by atoms with E-state index >= 15 is 0 Å². The van der Waals surface area contributed by atoms with Crippen LogP contribution in [0, 0.1) is 6.92 Å². The number of nitrogens with one attached hydrogen (secondary N) is 3. The van der Waals surface area contributed by atoms with Crippen LogP contribution in [0.2, 0.25) is 0 Å². The van der Waals surface area contributed by atoms with Crippen molar-refractivity contribution in [2.24, 2.45) is 0 Å². The second-order valence-electron chi connectivity index (χ2n) is 5.60. The van der Waals surface area contributed by atoms with Gasteiger partial charge in [0, 0.05) is 22.0 Å². The Morgan fingerprint density at radius 3 is 2.70 bits per heavy atom. The zero-order valence-corrected chi connectivity index (χ0v) is 13.5. The van der Waals surface area contributed by atoms with Crippen LogP contribution in [-0.2, 0) is 13.1 Å². The lowest BCUT2D eigenvalue weighted by atomic mass is 10.3. The summed E-state index contributed by atoms with van der Waals surface area (Å²) in [7, 11) is 0. The number of amides is 2. The van der Waals surface area contributed by atoms with Gasteiger partial charge in [0.25, 0.3) is 5.56 Å². The highest BCUT2D eigenvalue weighted by molar-refractivity contribution is 7.11. The average molecular weight is 334 g/mol. The van der Waals surface area contributed by atoms with Crippen LogP contribution in [0.4, 0.5) is 4.79 Å². The second kappa shape index (κ2) is 6.41. The van der Waals surface area contributed by atoms with Crippen molar-refractivity contribution in [3.63, 3.8) is 0 Å². The predicted octanol–water partition coefficient (Wildman–Crippen LogP) is 1.24. The van der Waals surface area contributed by atoms with Gasteiger partial charge in [-0.2, -0.15) is 0 Å². The van der Waals surface area contributed by atoms with Gasteiger partial charge < -0.3 is 10.6 Å². The van der Waals surface area contributed by atoms with Gasteiger partial charge in [0.05, 0.1) is 18.7 Å². The monoisotopic (exact) mass is 334 g/mol. The minimum absolute atomic E-state index is 0.0810. The first kappa shape index (κ1) is 15.5. The van der Waals surface area contributed by atoms with Gasteiger partial charge in [-0.3, -0.25) is 14.3 Å². The molecule has 0 radical (unpaired) electrons. The van der Waals surface area contributed by atoms with Crippen molar-refractivity contribution in [2.75, 3.05) is 0 Å². The van der Waals surface area contributed by atoms with E-state index in [9.17, 15) is 14.4 Å². The topological polar surface area (TPSA) is 96.0 Å². The van der Waals surface area contributed by atoms with E-state index in [4.69, 9.17) is 0 Å². The quantitative estimate of drug-likeness (QED) is 0.767. The first-order valence-electron chi connectivity index (χ1n) is 7.44. The molecule has 3 rings (SSSR count). The molecule has 2 heterocycles. The number of aromatic amines is 1. The van der Waals surface area contributed by atoms with Gasteiger partial charge >= 0.3 is 11.7 Å². The number of hydrogen-bond donors (Lipinski definition) is 3. The number of H-pyrrole nitrogens is 1. The molecule has 23 heavy (non-hydrogen) atoms. The maximum atomic E-state index is 11.8. The van der Waals surface area contributed by atoms with Crippen LogP contribution in [0.1, 0.15) is 34.2 Å². The molecule has 8 heteroatoms. The van der Waals surface area contributed by atoms with Gasteiger partial charge in [-0.05, 0) is 31.9 Å². The van der Waals surface area contributed by atoms with Crippen LogP contribution >= 0.6 is 11.3 Å². The van der Waals surface area contributed by atoms with E-state index in [1.807, 2.05) is 19.1 Å². The minimum Gasteiger partial charge on any atom is -0.334 e. The Morgan fingerprint density at radius 1 is 1.30 bits per heavy atom. The Kier molecular flexibility index (Phi) is 4.33. The summed E-state index contributed by atoms with van der Waals surface area (Å²) in [5.74, 6) is 0. The third kappa shape index (κ3) is 3.89. The van der Waals surface area contributed by atoms with Gasteiger partial charge in [-0.1, -0.05) is 0 Å². The van der Waals surface area contributed by atoms with E-state index in [0.29, 0.717) is 12.1 Å². The third-order valence-electron chi connectivity index (χ3n) is 3.64. The van der Waals surface area contributed by atoms with E-state index in [1.165, 1.54) is 9.44 Å². The number of carbonyl (C=O) groups is 1. The molecular formula is C15H18N4O3S. The number of thiophene rings is 1. The largest absolute Gasteiger partial charge is 0.334 e. The van der Waals surface area contributed by atoms with Gasteiger partial charge in [0.15, 0.2) is 0 Å². The maximum absolute atomic E-state index is 11.8. The van der Waals surface area contributed by atoms with E-state index in [2.05, 4.69) is 15.6 Å². The average Bonchev–Trinajstić information content (AvgIpc) is 3.26. The summed E-state index contributed by atoms with van der Waals surface area (Å²) in [5, 5.41) is 5.38. The molecule has 2 aromatic heterocycles. The lowest BCUT2D eigenvalue weighted by molar-refractivity contribution is 0.240. The van der Waals surface area contributed by atoms with Crippen LogP contribution in [0.5, 0.6) is 0 Å². The van der Waals surface area contributed by atoms with Gasteiger partial charge in [-0.25, -0.2) is 9.59 Å². The Labute approximate surface area is 136 Å². The number of nitrogens with zero attached hydrogens (tertiary/aromatic N) is 1. The number of aromatic nitrogens is 2. The number of aryl methyl sites for hydroxylation is 1. The number of rotatable bonds is 5. The van der Waals surface area contributed by atoms with E-state index in [1.54, 1.807) is 17.5 Å². The molecule has 7 nitrogen and oxygen atoms in total. The van der Waals surface area contributed by atoms with E-state index < -0.39 is 11.2 Å². The molecule has 0 unspecified atom stereocenters. The summed E-state index contributed by atoms with van der Waals surface area (Å²) in [6, 6.07) is 3.80. The van der Waals surface area contributed by atoms with Gasteiger partial charge in [-0.15, -0.1) is 11.3 Å². The predicted molar refractivity (Wildman–Crippen MR) is 87.7 cm³/mol. The zero-order chi connectivity index (χ0) is 16.4. The Balaban J connectivity index is 1.57. The summed E-state index contributed by atoms with van der Waals surface area (Å²) >= 11 is 1.62. The first-order valence-corrected chi connectivity index (χ1v) is 8.26. The zero-order valence-electron chi connectivity index (χ0n) is 12.7. The van der Waals surface area contributed by atoms with Crippen molar-refractivity contribution in [1.82, 2.24) is 20.2 Å². The molecule has 3 N–H and O–H groups in total. The summed E-state index contributed by atoms with van der Waals surface area (Å²) < 4.78 is 1.53. The highest BCUT2D eigenvalue weighted by Crippen LogP contribution is 2.32. The van der Waals surface area contributed by atoms with E-state index in [0.717, 1.165) is 17.7 Å². The molecule has 2 amide bonds. The summed E-state index contributed by atoms with van der Waals surface area (Å²) in [6.07, 6.45) is 3.43. The Bertz CT molecular complexity index is 832. The maximum Gasteiger partial charge on any atom is 0.328 e. The Morgan fingerprint density at radius 2 is 2.04 bits per heavy atom. The van der Waals surface area contributed by atoms with Crippen LogP contribution in [0.3, 0.4) is 0 Å². The van der Waals surface area contributed by atoms with Gasteiger partial charge in [0.2, 0.25) is 0 Å². The molecule has 0 atom stereocenters. The standard InChI is InChI=1S/C15H18N4O3S/c1-9-2-5-12(23-9)7-17-14(21)16-6-10-8-19(11-3-4-11)15(22)18-13(10)20/h2,5,8,11H,3-4,6-7H2,1H3,(H2,16,17,21)(H,18,20,22). The molecule has 1 aliphatic carbocycles. The fourth-order valence-electron chi connectivity index (χ4n) is 2.26. The van der Waals surface area contributed by atoms with Crippen molar-refractivity contribution in [3.05, 3.63) is 54.5 Å². The highest BCUT2D eigenvalue weighted by Gasteiger charge is 2.25. The molecule has 2 aromatic rings. The lowest BCUT2D eigenvalue weighted by Crippen LogP contribution is -2.38. The molecule has 0 aromatic carbocycles. The summed E-state index contributed by atoms with van der Waals surface area (Å²) in [6.45, 7) is 2.54. The lowest BCUT2D eigenvalue weighted by Gasteiger charge is -2.08. The fraction of sp³-hybridized carbons (Fsp3) is 0.400. The van der Waals surface area contributed by atoms with Crippen molar-refractivity contribution in [2.45, 2.75) is 38.9 Å². The second-order valence-corrected chi connectivity index (χ2v) is 6.97. The molecule has 1 fully saturated rings. The number of hydrogen-bond acceptors (Lipinski definition) is 4. The van der Waals surface area contributed by atoms with Crippen molar-refractivity contribution in [3.8, 4) is 0 Å². The van der Waals surface area contributed by atoms with Crippen LogP contribution in [0.25, 0.3) is 0 Å². The van der Waals surface area contributed by atoms with Crippen LogP contribution in [0.15, 0.2) is 27.9 Å². The summed E-state index contributed by atoms with van der Waals surface area (Å²) in [5.41, 5.74) is -0.474. The normalized spacial score (nSPS) is 13.8. The third-order valence-corrected chi connectivity index (χ3v) is 4.64. The van der Waals surface area contributed by atoms with Crippen molar-refractivity contribution >= 4 is 17.4 Å². The molecule has 0 bridgehead atoms. The molecule has 0 saturated heterocycles. The molecule has 0 spiro atoms. The number of urea groups is 1. The van der Waals surface area contributed by atoms with Crippen LogP contribution < -0.4 is 21.9 Å². The fourth-order valence-corrected chi connectivity index (χ4v) is 3.09. The molecule has 1 saturated carbocycles. The molecule has 122 valence electrons. The van der Waals surface area contributed by atoms with E-state index in [-0.39, 0.29) is 18.6 Å². The first-order chi connectivity index (χ1) is 11.0. The minimum atomic E-state index is -0.457.